The highest BCUT2D eigenvalue weighted by Crippen LogP contribution is 2.17. The molecule has 2 rings (SSSR count). The molecule has 1 heterocycles. The number of H-pyrrole nitrogens is 1. The van der Waals surface area contributed by atoms with Gasteiger partial charge in [0.05, 0.1) is 0 Å². The summed E-state index contributed by atoms with van der Waals surface area (Å²) in [5.74, 6) is 6.21. The van der Waals surface area contributed by atoms with Gasteiger partial charge in [-0.2, -0.15) is 5.10 Å². The van der Waals surface area contributed by atoms with Crippen LogP contribution >= 0.6 is 0 Å². The molecule has 78 valence electrons. The lowest BCUT2D eigenvalue weighted by Gasteiger charge is -2.13. The fourth-order valence-electron chi connectivity index (χ4n) is 1.45. The van der Waals surface area contributed by atoms with E-state index < -0.39 is 0 Å². The number of nitrogens with one attached hydrogen (secondary N) is 2. The van der Waals surface area contributed by atoms with Crippen LogP contribution in [0.3, 0.4) is 0 Å². The summed E-state index contributed by atoms with van der Waals surface area (Å²) >= 11 is 0. The van der Waals surface area contributed by atoms with Gasteiger partial charge >= 0.3 is 0 Å². The molecule has 0 amide bonds. The molecule has 4 N–H and O–H groups in total. The van der Waals surface area contributed by atoms with E-state index in [2.05, 4.69) is 20.6 Å². The van der Waals surface area contributed by atoms with Crippen LogP contribution in [0.4, 0.5) is 0 Å². The zero-order valence-corrected chi connectivity index (χ0v) is 8.44. The molecule has 0 saturated heterocycles. The van der Waals surface area contributed by atoms with Crippen LogP contribution in [0.25, 0.3) is 0 Å². The van der Waals surface area contributed by atoms with Crippen molar-refractivity contribution >= 4 is 0 Å². The van der Waals surface area contributed by atoms with Gasteiger partial charge < -0.3 is 0 Å². The minimum Gasteiger partial charge on any atom is -0.270 e. The van der Waals surface area contributed by atoms with Gasteiger partial charge in [0.1, 0.15) is 18.2 Å². The zero-order valence-electron chi connectivity index (χ0n) is 8.44. The maximum absolute atomic E-state index is 5.50. The molecule has 0 fully saturated rings. The first-order valence-corrected chi connectivity index (χ1v) is 4.69. The minimum absolute atomic E-state index is 0.145. The lowest BCUT2D eigenvalue weighted by Crippen LogP contribution is -2.29. The highest BCUT2D eigenvalue weighted by Gasteiger charge is 2.14. The van der Waals surface area contributed by atoms with Gasteiger partial charge in [0.2, 0.25) is 0 Å². The summed E-state index contributed by atoms with van der Waals surface area (Å²) in [5.41, 5.74) is 4.98. The molecule has 0 bridgehead atoms. The average Bonchev–Trinajstić information content (AvgIpc) is 2.75. The number of hydrogen-bond donors (Lipinski definition) is 3. The van der Waals surface area contributed by atoms with Crippen LogP contribution in [0.5, 0.6) is 0 Å². The third-order valence-corrected chi connectivity index (χ3v) is 2.28. The van der Waals surface area contributed by atoms with Crippen molar-refractivity contribution in [3.05, 3.63) is 47.5 Å². The Morgan fingerprint density at radius 1 is 1.33 bits per heavy atom. The van der Waals surface area contributed by atoms with Gasteiger partial charge in [-0.3, -0.25) is 10.9 Å². The second kappa shape index (κ2) is 4.20. The van der Waals surface area contributed by atoms with Crippen LogP contribution in [0.1, 0.15) is 23.0 Å². The van der Waals surface area contributed by atoms with Gasteiger partial charge in [0, 0.05) is 0 Å². The van der Waals surface area contributed by atoms with Gasteiger partial charge in [0.15, 0.2) is 0 Å². The molecule has 5 heteroatoms. The van der Waals surface area contributed by atoms with Crippen LogP contribution in [0, 0.1) is 6.92 Å². The highest BCUT2D eigenvalue weighted by molar-refractivity contribution is 5.27. The fourth-order valence-corrected chi connectivity index (χ4v) is 1.45. The first kappa shape index (κ1) is 9.82. The molecule has 0 spiro atoms. The predicted octanol–water partition coefficient (Wildman–Crippen LogP) is 0.666. The van der Waals surface area contributed by atoms with Gasteiger partial charge in [-0.15, -0.1) is 0 Å². The molecular weight excluding hydrogens is 190 g/mol. The summed E-state index contributed by atoms with van der Waals surface area (Å²) in [4.78, 5) is 4.08. The Morgan fingerprint density at radius 2 is 2.07 bits per heavy atom. The van der Waals surface area contributed by atoms with Crippen molar-refractivity contribution < 1.29 is 0 Å². The molecule has 0 aliphatic rings. The van der Waals surface area contributed by atoms with E-state index in [0.29, 0.717) is 5.82 Å². The Balaban J connectivity index is 2.31. The van der Waals surface area contributed by atoms with Gasteiger partial charge in [-0.1, -0.05) is 29.8 Å². The normalized spacial score (nSPS) is 12.7. The van der Waals surface area contributed by atoms with Gasteiger partial charge in [-0.05, 0) is 12.5 Å². The number of hydrogen-bond acceptors (Lipinski definition) is 4. The number of rotatable bonds is 3. The van der Waals surface area contributed by atoms with E-state index >= 15 is 0 Å². The SMILES string of the molecule is Cc1ccc(C(NN)c2ncn[nH]2)cc1. The first-order valence-electron chi connectivity index (χ1n) is 4.69. The second-order valence-corrected chi connectivity index (χ2v) is 3.38. The van der Waals surface area contributed by atoms with Crippen molar-refractivity contribution in [3.8, 4) is 0 Å². The van der Waals surface area contributed by atoms with Crippen LogP contribution in [0.2, 0.25) is 0 Å². The van der Waals surface area contributed by atoms with Crippen LogP contribution in [-0.2, 0) is 0 Å². The molecule has 0 aliphatic carbocycles. The molecule has 2 aromatic rings. The maximum Gasteiger partial charge on any atom is 0.147 e. The summed E-state index contributed by atoms with van der Waals surface area (Å²) in [6.07, 6.45) is 1.47. The molecule has 1 unspecified atom stereocenters. The number of aromatic nitrogens is 3. The van der Waals surface area contributed by atoms with Gasteiger partial charge in [-0.25, -0.2) is 10.4 Å². The third-order valence-electron chi connectivity index (χ3n) is 2.28. The maximum atomic E-state index is 5.50. The number of hydrazine groups is 1. The van der Waals surface area contributed by atoms with E-state index in [1.54, 1.807) is 0 Å². The topological polar surface area (TPSA) is 79.6 Å². The summed E-state index contributed by atoms with van der Waals surface area (Å²) in [5, 5.41) is 6.60. The molecule has 0 saturated carbocycles. The number of benzene rings is 1. The molecule has 1 atom stereocenters. The van der Waals surface area contributed by atoms with Crippen molar-refractivity contribution in [2.45, 2.75) is 13.0 Å². The van der Waals surface area contributed by atoms with Crippen LogP contribution < -0.4 is 11.3 Å². The quantitative estimate of drug-likeness (QED) is 0.506. The average molecular weight is 203 g/mol. The molecule has 1 aromatic heterocycles. The zero-order chi connectivity index (χ0) is 10.7. The number of nitrogens with two attached hydrogens (primary N) is 1. The van der Waals surface area contributed by atoms with Crippen LogP contribution in [0.15, 0.2) is 30.6 Å². The summed E-state index contributed by atoms with van der Waals surface area (Å²) in [6.45, 7) is 2.04. The van der Waals surface area contributed by atoms with E-state index in [1.165, 1.54) is 11.9 Å². The Hall–Kier alpha value is -1.72. The second-order valence-electron chi connectivity index (χ2n) is 3.38. The van der Waals surface area contributed by atoms with Crippen LogP contribution in [-0.4, -0.2) is 15.2 Å². The molecule has 5 nitrogen and oxygen atoms in total. The Labute approximate surface area is 87.7 Å². The number of aryl methyl sites for hydroxylation is 1. The highest BCUT2D eigenvalue weighted by atomic mass is 15.3. The van der Waals surface area contributed by atoms with E-state index in [0.717, 1.165) is 5.56 Å². The standard InChI is InChI=1S/C10H13N5/c1-7-2-4-8(5-3-7)9(14-11)10-12-6-13-15-10/h2-6,9,14H,11H2,1H3,(H,12,13,15). The third kappa shape index (κ3) is 2.03. The smallest absolute Gasteiger partial charge is 0.147 e. The van der Waals surface area contributed by atoms with Gasteiger partial charge in [0.25, 0.3) is 0 Å². The van der Waals surface area contributed by atoms with E-state index in [1.807, 2.05) is 31.2 Å². The van der Waals surface area contributed by atoms with Crippen molar-refractivity contribution in [1.29, 1.82) is 0 Å². The summed E-state index contributed by atoms with van der Waals surface area (Å²) in [7, 11) is 0. The van der Waals surface area contributed by atoms with E-state index in [4.69, 9.17) is 5.84 Å². The monoisotopic (exact) mass is 203 g/mol. The summed E-state index contributed by atoms with van der Waals surface area (Å²) in [6, 6.07) is 7.96. The first-order chi connectivity index (χ1) is 7.31. The van der Waals surface area contributed by atoms with E-state index in [-0.39, 0.29) is 6.04 Å². The lowest BCUT2D eigenvalue weighted by molar-refractivity contribution is 0.604. The van der Waals surface area contributed by atoms with Crippen molar-refractivity contribution in [1.82, 2.24) is 20.6 Å². The molecular formula is C10H13N5. The molecule has 15 heavy (non-hydrogen) atoms. The number of aromatic amines is 1. The summed E-state index contributed by atoms with van der Waals surface area (Å²) < 4.78 is 0. The van der Waals surface area contributed by atoms with Crippen molar-refractivity contribution in [3.63, 3.8) is 0 Å². The minimum atomic E-state index is -0.145. The largest absolute Gasteiger partial charge is 0.270 e. The fraction of sp³-hybridized carbons (Fsp3) is 0.200. The molecule has 0 aliphatic heterocycles. The van der Waals surface area contributed by atoms with E-state index in [9.17, 15) is 0 Å². The Morgan fingerprint density at radius 3 is 2.60 bits per heavy atom. The Bertz CT molecular complexity index is 406. The van der Waals surface area contributed by atoms with Crippen molar-refractivity contribution in [2.75, 3.05) is 0 Å². The molecule has 0 radical (unpaired) electrons. The molecule has 1 aromatic carbocycles. The lowest BCUT2D eigenvalue weighted by atomic mass is 10.1. The number of nitrogens with zero attached hydrogens (tertiary/aromatic N) is 2. The Kier molecular flexibility index (Phi) is 2.75. The predicted molar refractivity (Wildman–Crippen MR) is 56.7 cm³/mol. The van der Waals surface area contributed by atoms with Crippen molar-refractivity contribution in [2.24, 2.45) is 5.84 Å².